The zero-order valence-corrected chi connectivity index (χ0v) is 13.6. The smallest absolute Gasteiger partial charge is 0.166 e. The Morgan fingerprint density at radius 3 is 2.72 bits per heavy atom. The monoisotopic (exact) mass is 346 g/mol. The molecule has 3 N–H and O–H groups in total. The second kappa shape index (κ2) is 6.23. The molecule has 3 heterocycles. The van der Waals surface area contributed by atoms with Crippen LogP contribution in [-0.2, 0) is 0 Å². The highest BCUT2D eigenvalue weighted by atomic mass is 35.5. The number of benzene rings is 1. The Hall–Kier alpha value is -3.43. The number of anilines is 1. The standard InChI is InChI=1S/C18H11ClN6/c19-14-10-22-18-16(24-14)13(9-21-18)17-23-12(8-15(20)25-17)7-6-11-4-2-1-3-5-11/h1-5,8-10H,(H,21,22)(H2,20,23,25). The summed E-state index contributed by atoms with van der Waals surface area (Å²) < 4.78 is 0. The second-order valence-electron chi connectivity index (χ2n) is 5.21. The molecule has 1 aromatic carbocycles. The van der Waals surface area contributed by atoms with Crippen LogP contribution in [0.1, 0.15) is 11.3 Å². The zero-order chi connectivity index (χ0) is 17.2. The molecule has 4 aromatic rings. The third kappa shape index (κ3) is 3.13. The van der Waals surface area contributed by atoms with Crippen LogP contribution in [0.15, 0.2) is 48.8 Å². The Kier molecular flexibility index (Phi) is 3.77. The van der Waals surface area contributed by atoms with Crippen LogP contribution in [0, 0.1) is 11.8 Å². The highest BCUT2D eigenvalue weighted by molar-refractivity contribution is 6.29. The van der Waals surface area contributed by atoms with E-state index in [0.717, 1.165) is 5.56 Å². The van der Waals surface area contributed by atoms with Gasteiger partial charge in [0, 0.05) is 17.8 Å². The van der Waals surface area contributed by atoms with E-state index in [4.69, 9.17) is 17.3 Å². The molecule has 0 saturated carbocycles. The van der Waals surface area contributed by atoms with Crippen LogP contribution >= 0.6 is 11.6 Å². The molecule has 120 valence electrons. The average molecular weight is 347 g/mol. The van der Waals surface area contributed by atoms with E-state index in [-0.39, 0.29) is 0 Å². The summed E-state index contributed by atoms with van der Waals surface area (Å²) in [6.07, 6.45) is 3.20. The lowest BCUT2D eigenvalue weighted by molar-refractivity contribution is 1.16. The number of nitrogen functional groups attached to an aromatic ring is 1. The summed E-state index contributed by atoms with van der Waals surface area (Å²) in [5.74, 6) is 6.81. The molecule has 4 rings (SSSR count). The maximum Gasteiger partial charge on any atom is 0.166 e. The molecule has 0 saturated heterocycles. The lowest BCUT2D eigenvalue weighted by Crippen LogP contribution is -1.98. The van der Waals surface area contributed by atoms with Gasteiger partial charge < -0.3 is 10.7 Å². The summed E-state index contributed by atoms with van der Waals surface area (Å²) in [6, 6.07) is 11.3. The molecule has 0 atom stereocenters. The number of fused-ring (bicyclic) bond motifs is 1. The molecule has 0 bridgehead atoms. The van der Waals surface area contributed by atoms with Gasteiger partial charge in [-0.25, -0.2) is 19.9 Å². The van der Waals surface area contributed by atoms with Crippen LogP contribution < -0.4 is 5.73 Å². The molecule has 7 heteroatoms. The van der Waals surface area contributed by atoms with Crippen molar-refractivity contribution < 1.29 is 0 Å². The summed E-state index contributed by atoms with van der Waals surface area (Å²) in [4.78, 5) is 20.2. The van der Waals surface area contributed by atoms with Crippen LogP contribution in [-0.4, -0.2) is 24.9 Å². The van der Waals surface area contributed by atoms with Crippen LogP contribution in [0.3, 0.4) is 0 Å². The van der Waals surface area contributed by atoms with Gasteiger partial charge >= 0.3 is 0 Å². The van der Waals surface area contributed by atoms with Crippen molar-refractivity contribution in [2.24, 2.45) is 0 Å². The molecule has 0 unspecified atom stereocenters. The first-order valence-electron chi connectivity index (χ1n) is 7.41. The Bertz CT molecular complexity index is 1120. The highest BCUT2D eigenvalue weighted by Gasteiger charge is 2.13. The van der Waals surface area contributed by atoms with Crippen LogP contribution in [0.5, 0.6) is 0 Å². The molecule has 0 aliphatic heterocycles. The van der Waals surface area contributed by atoms with Gasteiger partial charge in [-0.2, -0.15) is 0 Å². The minimum Gasteiger partial charge on any atom is -0.384 e. The van der Waals surface area contributed by atoms with E-state index >= 15 is 0 Å². The molecule has 0 amide bonds. The molecular weight excluding hydrogens is 336 g/mol. The minimum absolute atomic E-state index is 0.293. The number of nitrogens with one attached hydrogen (secondary N) is 1. The second-order valence-corrected chi connectivity index (χ2v) is 5.60. The topological polar surface area (TPSA) is 93.4 Å². The number of nitrogens with zero attached hydrogens (tertiary/aromatic N) is 4. The van der Waals surface area contributed by atoms with Gasteiger partial charge in [-0.05, 0) is 18.1 Å². The Morgan fingerprint density at radius 2 is 1.88 bits per heavy atom. The molecule has 0 spiro atoms. The lowest BCUT2D eigenvalue weighted by Gasteiger charge is -2.01. The van der Waals surface area contributed by atoms with Crippen molar-refractivity contribution in [3.05, 3.63) is 65.2 Å². The molecule has 0 aliphatic rings. The van der Waals surface area contributed by atoms with Gasteiger partial charge in [-0.3, -0.25) is 0 Å². The lowest BCUT2D eigenvalue weighted by atomic mass is 10.2. The van der Waals surface area contributed by atoms with Crippen molar-refractivity contribution in [3.8, 4) is 23.2 Å². The highest BCUT2D eigenvalue weighted by Crippen LogP contribution is 2.25. The quantitative estimate of drug-likeness (QED) is 0.517. The summed E-state index contributed by atoms with van der Waals surface area (Å²) in [7, 11) is 0. The number of aromatic amines is 1. The van der Waals surface area contributed by atoms with E-state index in [0.29, 0.717) is 39.2 Å². The molecule has 0 radical (unpaired) electrons. The normalized spacial score (nSPS) is 10.4. The van der Waals surface area contributed by atoms with E-state index < -0.39 is 0 Å². The van der Waals surface area contributed by atoms with Crippen LogP contribution in [0.2, 0.25) is 5.15 Å². The van der Waals surface area contributed by atoms with Crippen molar-refractivity contribution in [3.63, 3.8) is 0 Å². The largest absolute Gasteiger partial charge is 0.384 e. The first kappa shape index (κ1) is 15.1. The summed E-state index contributed by atoms with van der Waals surface area (Å²) >= 11 is 5.94. The third-order valence-corrected chi connectivity index (χ3v) is 3.63. The Balaban J connectivity index is 1.80. The van der Waals surface area contributed by atoms with Gasteiger partial charge in [-0.1, -0.05) is 35.7 Å². The number of nitrogens with two attached hydrogens (primary N) is 1. The van der Waals surface area contributed by atoms with E-state index in [1.807, 2.05) is 30.3 Å². The number of rotatable bonds is 1. The van der Waals surface area contributed by atoms with Crippen molar-refractivity contribution in [1.82, 2.24) is 24.9 Å². The van der Waals surface area contributed by atoms with E-state index in [1.165, 1.54) is 6.20 Å². The number of H-pyrrole nitrogens is 1. The van der Waals surface area contributed by atoms with Crippen molar-refractivity contribution in [2.45, 2.75) is 0 Å². The predicted octanol–water partition coefficient (Wildman–Crippen LogP) is 3.05. The maximum absolute atomic E-state index is 5.94. The third-order valence-electron chi connectivity index (χ3n) is 3.45. The van der Waals surface area contributed by atoms with Gasteiger partial charge in [0.15, 0.2) is 11.5 Å². The SMILES string of the molecule is Nc1cc(C#Cc2ccccc2)nc(-c2c[nH]c3ncc(Cl)nc23)n1. The number of hydrogen-bond donors (Lipinski definition) is 2. The van der Waals surface area contributed by atoms with Gasteiger partial charge in [-0.15, -0.1) is 0 Å². The first-order chi connectivity index (χ1) is 12.2. The van der Waals surface area contributed by atoms with E-state index in [1.54, 1.807) is 12.3 Å². The van der Waals surface area contributed by atoms with Crippen LogP contribution in [0.4, 0.5) is 5.82 Å². The zero-order valence-electron chi connectivity index (χ0n) is 12.9. The molecule has 0 fully saturated rings. The average Bonchev–Trinajstić information content (AvgIpc) is 3.03. The number of halogens is 1. The summed E-state index contributed by atoms with van der Waals surface area (Å²) in [5.41, 5.74) is 9.18. The Morgan fingerprint density at radius 1 is 1.04 bits per heavy atom. The van der Waals surface area contributed by atoms with Crippen molar-refractivity contribution >= 4 is 28.6 Å². The molecule has 0 aliphatic carbocycles. The van der Waals surface area contributed by atoms with Gasteiger partial charge in [0.25, 0.3) is 0 Å². The van der Waals surface area contributed by atoms with Crippen molar-refractivity contribution in [2.75, 3.05) is 5.73 Å². The minimum atomic E-state index is 0.293. The van der Waals surface area contributed by atoms with E-state index in [9.17, 15) is 0 Å². The van der Waals surface area contributed by atoms with Gasteiger partial charge in [0.1, 0.15) is 22.2 Å². The fraction of sp³-hybridized carbons (Fsp3) is 0. The van der Waals surface area contributed by atoms with Gasteiger partial charge in [0.05, 0.1) is 11.8 Å². The number of aromatic nitrogens is 5. The van der Waals surface area contributed by atoms with Gasteiger partial charge in [0.2, 0.25) is 0 Å². The maximum atomic E-state index is 5.94. The summed E-state index contributed by atoms with van der Waals surface area (Å²) in [6.45, 7) is 0. The Labute approximate surface area is 148 Å². The fourth-order valence-corrected chi connectivity index (χ4v) is 2.48. The molecule has 3 aromatic heterocycles. The fourth-order valence-electron chi connectivity index (χ4n) is 2.35. The predicted molar refractivity (Wildman–Crippen MR) is 96.8 cm³/mol. The summed E-state index contributed by atoms with van der Waals surface area (Å²) in [5, 5.41) is 0.293. The molecule has 25 heavy (non-hydrogen) atoms. The molecule has 6 nitrogen and oxygen atoms in total. The van der Waals surface area contributed by atoms with E-state index in [2.05, 4.69) is 36.8 Å². The van der Waals surface area contributed by atoms with Crippen LogP contribution in [0.25, 0.3) is 22.6 Å². The number of hydrogen-bond acceptors (Lipinski definition) is 5. The first-order valence-corrected chi connectivity index (χ1v) is 7.78. The molecular formula is C18H11ClN6. The van der Waals surface area contributed by atoms with Crippen molar-refractivity contribution in [1.29, 1.82) is 0 Å².